The molecule has 2 aromatic heterocycles. The first kappa shape index (κ1) is 16.4. The van der Waals surface area contributed by atoms with Crippen LogP contribution < -0.4 is 5.32 Å². The van der Waals surface area contributed by atoms with E-state index in [9.17, 15) is 4.79 Å². The van der Waals surface area contributed by atoms with Gasteiger partial charge < -0.3 is 15.3 Å². The Morgan fingerprint density at radius 3 is 2.83 bits per heavy atom. The molecule has 1 aliphatic heterocycles. The summed E-state index contributed by atoms with van der Waals surface area (Å²) < 4.78 is 0. The summed E-state index contributed by atoms with van der Waals surface area (Å²) in [6.07, 6.45) is 11.5. The molecule has 4 nitrogen and oxygen atoms in total. The molecule has 0 aromatic carbocycles. The van der Waals surface area contributed by atoms with Crippen LogP contribution in [0.1, 0.15) is 55.3 Å². The number of rotatable bonds is 7. The van der Waals surface area contributed by atoms with Crippen molar-refractivity contribution in [1.29, 1.82) is 0 Å². The van der Waals surface area contributed by atoms with Gasteiger partial charge in [0.15, 0.2) is 0 Å². The summed E-state index contributed by atoms with van der Waals surface area (Å²) in [6.45, 7) is 4.33. The van der Waals surface area contributed by atoms with Crippen LogP contribution in [-0.4, -0.2) is 15.8 Å². The Labute approximate surface area is 143 Å². The number of hydrogen-bond donors (Lipinski definition) is 3. The fourth-order valence-electron chi connectivity index (χ4n) is 3.07. The lowest BCUT2D eigenvalue weighted by Crippen LogP contribution is -2.09. The van der Waals surface area contributed by atoms with E-state index in [4.69, 9.17) is 0 Å². The van der Waals surface area contributed by atoms with Gasteiger partial charge in [-0.05, 0) is 49.6 Å². The SMILES string of the molecule is CCCCCCc1cc(/C=C2\NC(c3ccc[nH]3)=CC2=O)[nH]c1C. The summed E-state index contributed by atoms with van der Waals surface area (Å²) in [5, 5.41) is 3.20. The van der Waals surface area contributed by atoms with Gasteiger partial charge in [-0.1, -0.05) is 26.2 Å². The van der Waals surface area contributed by atoms with Gasteiger partial charge in [0, 0.05) is 23.7 Å². The van der Waals surface area contributed by atoms with Crippen molar-refractivity contribution in [2.75, 3.05) is 0 Å². The van der Waals surface area contributed by atoms with Gasteiger partial charge in [-0.3, -0.25) is 4.79 Å². The van der Waals surface area contributed by atoms with Crippen LogP contribution in [0.5, 0.6) is 0 Å². The van der Waals surface area contributed by atoms with Gasteiger partial charge in [-0.2, -0.15) is 0 Å². The summed E-state index contributed by atoms with van der Waals surface area (Å²) >= 11 is 0. The molecule has 0 fully saturated rings. The van der Waals surface area contributed by atoms with Crippen molar-refractivity contribution in [2.45, 2.75) is 46.0 Å². The molecule has 3 rings (SSSR count). The standard InChI is InChI=1S/C20H25N3O/c1-3-4-5-6-8-15-11-16(22-14(15)2)12-19-20(24)13-18(23-19)17-9-7-10-21-17/h7,9-13,21-23H,3-6,8H2,1-2H3/b19-12-. The minimum atomic E-state index is 0.0105. The quantitative estimate of drug-likeness (QED) is 0.525. The van der Waals surface area contributed by atoms with E-state index in [1.165, 1.54) is 36.9 Å². The first-order valence-corrected chi connectivity index (χ1v) is 8.74. The third kappa shape index (κ3) is 3.70. The van der Waals surface area contributed by atoms with Crippen LogP contribution in [0.2, 0.25) is 0 Å². The smallest absolute Gasteiger partial charge is 0.204 e. The van der Waals surface area contributed by atoms with Crippen molar-refractivity contribution in [3.8, 4) is 0 Å². The van der Waals surface area contributed by atoms with Crippen molar-refractivity contribution in [3.63, 3.8) is 0 Å². The van der Waals surface area contributed by atoms with Gasteiger partial charge in [-0.25, -0.2) is 0 Å². The minimum Gasteiger partial charge on any atom is -0.360 e. The Bertz CT molecular complexity index is 763. The van der Waals surface area contributed by atoms with Crippen molar-refractivity contribution in [1.82, 2.24) is 15.3 Å². The molecule has 0 amide bonds. The van der Waals surface area contributed by atoms with E-state index in [-0.39, 0.29) is 5.78 Å². The first-order chi connectivity index (χ1) is 11.7. The second-order valence-electron chi connectivity index (χ2n) is 6.37. The molecular weight excluding hydrogens is 298 g/mol. The van der Waals surface area contributed by atoms with Crippen LogP contribution in [0, 0.1) is 6.92 Å². The molecule has 0 atom stereocenters. The summed E-state index contributed by atoms with van der Waals surface area (Å²) in [5.41, 5.74) is 5.88. The second kappa shape index (κ2) is 7.39. The van der Waals surface area contributed by atoms with Crippen LogP contribution in [-0.2, 0) is 11.2 Å². The molecule has 3 heterocycles. The van der Waals surface area contributed by atoms with E-state index >= 15 is 0 Å². The van der Waals surface area contributed by atoms with Gasteiger partial charge in [0.2, 0.25) is 5.78 Å². The Morgan fingerprint density at radius 2 is 2.08 bits per heavy atom. The maximum Gasteiger partial charge on any atom is 0.204 e. The fourth-order valence-corrected chi connectivity index (χ4v) is 3.07. The zero-order valence-corrected chi connectivity index (χ0v) is 14.4. The van der Waals surface area contributed by atoms with Gasteiger partial charge >= 0.3 is 0 Å². The van der Waals surface area contributed by atoms with Gasteiger partial charge in [-0.15, -0.1) is 0 Å². The molecule has 24 heavy (non-hydrogen) atoms. The second-order valence-corrected chi connectivity index (χ2v) is 6.37. The van der Waals surface area contributed by atoms with E-state index < -0.39 is 0 Å². The number of carbonyl (C=O) groups excluding carboxylic acids is 1. The summed E-state index contributed by atoms with van der Waals surface area (Å²) in [4.78, 5) is 18.7. The number of aryl methyl sites for hydroxylation is 2. The number of unbranched alkanes of at least 4 members (excludes halogenated alkanes) is 3. The number of ketones is 1. The van der Waals surface area contributed by atoms with Crippen LogP contribution in [0.3, 0.4) is 0 Å². The molecule has 1 aliphatic rings. The van der Waals surface area contributed by atoms with Crippen LogP contribution in [0.4, 0.5) is 0 Å². The number of hydrogen-bond acceptors (Lipinski definition) is 2. The highest BCUT2D eigenvalue weighted by Crippen LogP contribution is 2.21. The molecule has 4 heteroatoms. The molecule has 0 saturated carbocycles. The molecular formula is C20H25N3O. The molecule has 0 aliphatic carbocycles. The van der Waals surface area contributed by atoms with Crippen molar-refractivity contribution in [2.24, 2.45) is 0 Å². The maximum absolute atomic E-state index is 12.2. The van der Waals surface area contributed by atoms with E-state index in [1.54, 1.807) is 6.08 Å². The third-order valence-electron chi connectivity index (χ3n) is 4.44. The van der Waals surface area contributed by atoms with E-state index in [2.05, 4.69) is 35.2 Å². The van der Waals surface area contributed by atoms with Crippen LogP contribution in [0.25, 0.3) is 11.8 Å². The number of allylic oxidation sites excluding steroid dienone is 1. The molecule has 0 unspecified atom stereocenters. The highest BCUT2D eigenvalue weighted by molar-refractivity contribution is 6.14. The molecule has 0 spiro atoms. The largest absolute Gasteiger partial charge is 0.360 e. The average molecular weight is 323 g/mol. The van der Waals surface area contributed by atoms with Crippen LogP contribution in [0.15, 0.2) is 36.2 Å². The predicted octanol–water partition coefficient (Wildman–Crippen LogP) is 4.33. The third-order valence-corrected chi connectivity index (χ3v) is 4.44. The summed E-state index contributed by atoms with van der Waals surface area (Å²) in [6, 6.07) is 6.03. The molecule has 126 valence electrons. The number of aromatic amines is 2. The lowest BCUT2D eigenvalue weighted by atomic mass is 10.1. The predicted molar refractivity (Wildman–Crippen MR) is 98.3 cm³/mol. The zero-order valence-electron chi connectivity index (χ0n) is 14.4. The monoisotopic (exact) mass is 323 g/mol. The Balaban J connectivity index is 1.68. The minimum absolute atomic E-state index is 0.0105. The first-order valence-electron chi connectivity index (χ1n) is 8.74. The Hall–Kier alpha value is -2.49. The van der Waals surface area contributed by atoms with E-state index in [0.29, 0.717) is 5.70 Å². The summed E-state index contributed by atoms with van der Waals surface area (Å²) in [7, 11) is 0. The molecule has 0 saturated heterocycles. The van der Waals surface area contributed by atoms with Gasteiger partial charge in [0.25, 0.3) is 0 Å². The van der Waals surface area contributed by atoms with Crippen LogP contribution >= 0.6 is 0 Å². The number of H-pyrrole nitrogens is 2. The van der Waals surface area contributed by atoms with Gasteiger partial charge in [0.05, 0.1) is 17.1 Å². The molecule has 0 radical (unpaired) electrons. The fraction of sp³-hybridized carbons (Fsp3) is 0.350. The number of nitrogens with one attached hydrogen (secondary N) is 3. The topological polar surface area (TPSA) is 60.7 Å². The van der Waals surface area contributed by atoms with E-state index in [0.717, 1.165) is 23.5 Å². The van der Waals surface area contributed by atoms with Crippen molar-refractivity contribution < 1.29 is 4.79 Å². The lowest BCUT2D eigenvalue weighted by molar-refractivity contribution is -0.111. The Kier molecular flexibility index (Phi) is 5.04. The van der Waals surface area contributed by atoms with E-state index in [1.807, 2.05) is 24.4 Å². The zero-order chi connectivity index (χ0) is 16.9. The van der Waals surface area contributed by atoms with Gasteiger partial charge in [0.1, 0.15) is 0 Å². The molecule has 3 N–H and O–H groups in total. The average Bonchev–Trinajstić information content (AvgIpc) is 3.27. The normalized spacial score (nSPS) is 15.8. The lowest BCUT2D eigenvalue weighted by Gasteiger charge is -2.02. The molecule has 0 bridgehead atoms. The maximum atomic E-state index is 12.2. The molecule has 2 aromatic rings. The van der Waals surface area contributed by atoms with Crippen molar-refractivity contribution >= 4 is 17.6 Å². The summed E-state index contributed by atoms with van der Waals surface area (Å²) in [5.74, 6) is 0.0105. The highest BCUT2D eigenvalue weighted by atomic mass is 16.1. The highest BCUT2D eigenvalue weighted by Gasteiger charge is 2.19. The number of carbonyl (C=O) groups is 1. The number of aromatic nitrogens is 2. The Morgan fingerprint density at radius 1 is 1.21 bits per heavy atom. The van der Waals surface area contributed by atoms with Crippen molar-refractivity contribution in [3.05, 3.63) is 58.8 Å².